The number of pyridine rings is 1. The molecule has 0 aliphatic heterocycles. The van der Waals surface area contributed by atoms with Crippen molar-refractivity contribution in [2.75, 3.05) is 6.61 Å². The first-order valence-corrected chi connectivity index (χ1v) is 7.56. The van der Waals surface area contributed by atoms with Gasteiger partial charge in [0.05, 0.1) is 18.1 Å². The van der Waals surface area contributed by atoms with E-state index in [9.17, 15) is 10.1 Å². The summed E-state index contributed by atoms with van der Waals surface area (Å²) >= 11 is 0. The maximum atomic E-state index is 11.3. The van der Waals surface area contributed by atoms with Gasteiger partial charge in [0.15, 0.2) is 0 Å². The van der Waals surface area contributed by atoms with Crippen LogP contribution in [-0.2, 0) is 11.3 Å². The van der Waals surface area contributed by atoms with E-state index >= 15 is 0 Å². The molecule has 0 aliphatic rings. The summed E-state index contributed by atoms with van der Waals surface area (Å²) in [7, 11) is 0. The van der Waals surface area contributed by atoms with E-state index in [0.29, 0.717) is 18.8 Å². The number of rotatable bonds is 8. The number of benzene rings is 1. The zero-order valence-corrected chi connectivity index (χ0v) is 13.8. The highest BCUT2D eigenvalue weighted by molar-refractivity contribution is 5.70. The van der Waals surface area contributed by atoms with E-state index in [1.54, 1.807) is 13.8 Å². The molecule has 1 aromatic heterocycles. The molecule has 0 bridgehead atoms. The molecular weight excluding hydrogens is 308 g/mol. The lowest BCUT2D eigenvalue weighted by Gasteiger charge is -2.16. The maximum Gasteiger partial charge on any atom is 0.336 e. The summed E-state index contributed by atoms with van der Waals surface area (Å²) in [4.78, 5) is 14.9. The number of nitro groups is 1. The fourth-order valence-electron chi connectivity index (χ4n) is 2.19. The van der Waals surface area contributed by atoms with Crippen molar-refractivity contribution in [2.45, 2.75) is 26.6 Å². The Bertz CT molecular complexity index is 716. The van der Waals surface area contributed by atoms with Gasteiger partial charge in [-0.15, -0.1) is 0 Å². The Morgan fingerprint density at radius 3 is 2.67 bits per heavy atom. The molecule has 126 valence electrons. The third-order valence-corrected chi connectivity index (χ3v) is 3.27. The largest absolute Gasteiger partial charge is 0.481 e. The molecule has 1 heterocycles. The normalized spacial score (nSPS) is 11.8. The quantitative estimate of drug-likeness (QED) is 0.541. The maximum absolute atomic E-state index is 11.3. The minimum atomic E-state index is -0.496. The molecule has 6 heteroatoms. The predicted molar refractivity (Wildman–Crippen MR) is 91.8 cm³/mol. The number of hydrogen-bond donors (Lipinski definition) is 0. The monoisotopic (exact) mass is 328 g/mol. The van der Waals surface area contributed by atoms with Crippen LogP contribution in [0, 0.1) is 10.1 Å². The van der Waals surface area contributed by atoms with Crippen molar-refractivity contribution in [1.29, 1.82) is 0 Å². The van der Waals surface area contributed by atoms with Crippen LogP contribution < -0.4 is 4.74 Å². The predicted octanol–water partition coefficient (Wildman–Crippen LogP) is 4.01. The Morgan fingerprint density at radius 1 is 1.33 bits per heavy atom. The van der Waals surface area contributed by atoms with Crippen LogP contribution in [0.1, 0.15) is 25.1 Å². The summed E-state index contributed by atoms with van der Waals surface area (Å²) < 4.78 is 11.3. The zero-order chi connectivity index (χ0) is 17.5. The average Bonchev–Trinajstić information content (AvgIpc) is 2.55. The van der Waals surface area contributed by atoms with Crippen molar-refractivity contribution >= 4 is 11.3 Å². The fraction of sp³-hybridized carbons (Fsp3) is 0.278. The molecule has 1 atom stereocenters. The van der Waals surface area contributed by atoms with Crippen molar-refractivity contribution in [3.8, 4) is 5.75 Å². The molecule has 6 nitrogen and oxygen atoms in total. The van der Waals surface area contributed by atoms with Crippen LogP contribution in [0.25, 0.3) is 5.57 Å². The number of allylic oxidation sites excluding steroid dienone is 1. The van der Waals surface area contributed by atoms with E-state index in [4.69, 9.17) is 9.47 Å². The van der Waals surface area contributed by atoms with Gasteiger partial charge in [0, 0.05) is 12.3 Å². The summed E-state index contributed by atoms with van der Waals surface area (Å²) in [5.41, 5.74) is 1.64. The number of aromatic nitrogens is 1. The zero-order valence-electron chi connectivity index (χ0n) is 13.8. The van der Waals surface area contributed by atoms with Crippen LogP contribution in [-0.4, -0.2) is 22.6 Å². The van der Waals surface area contributed by atoms with Crippen molar-refractivity contribution in [3.05, 3.63) is 70.5 Å². The number of nitrogens with zero attached hydrogens (tertiary/aromatic N) is 2. The van der Waals surface area contributed by atoms with Gasteiger partial charge in [-0.25, -0.2) is 4.98 Å². The molecule has 1 aromatic carbocycles. The minimum absolute atomic E-state index is 0.167. The molecule has 24 heavy (non-hydrogen) atoms. The number of ether oxygens (including phenoxy) is 2. The highest BCUT2D eigenvalue weighted by Gasteiger charge is 2.24. The van der Waals surface area contributed by atoms with Gasteiger partial charge >= 0.3 is 5.69 Å². The van der Waals surface area contributed by atoms with Crippen molar-refractivity contribution in [3.63, 3.8) is 0 Å². The second-order valence-corrected chi connectivity index (χ2v) is 5.47. The van der Waals surface area contributed by atoms with Crippen LogP contribution in [0.4, 0.5) is 5.69 Å². The van der Waals surface area contributed by atoms with E-state index in [1.807, 2.05) is 30.3 Å². The molecule has 0 saturated heterocycles. The average molecular weight is 328 g/mol. The van der Waals surface area contributed by atoms with Gasteiger partial charge in [0.2, 0.25) is 5.75 Å². The van der Waals surface area contributed by atoms with Gasteiger partial charge < -0.3 is 9.47 Å². The smallest absolute Gasteiger partial charge is 0.336 e. The van der Waals surface area contributed by atoms with Crippen LogP contribution in [0.3, 0.4) is 0 Å². The van der Waals surface area contributed by atoms with Gasteiger partial charge in [0.1, 0.15) is 11.8 Å². The van der Waals surface area contributed by atoms with E-state index in [0.717, 1.165) is 5.56 Å². The molecule has 0 spiro atoms. The van der Waals surface area contributed by atoms with Crippen LogP contribution in [0.5, 0.6) is 5.75 Å². The van der Waals surface area contributed by atoms with Gasteiger partial charge in [-0.1, -0.05) is 36.9 Å². The molecular formula is C18H20N2O4. The molecule has 0 fully saturated rings. The van der Waals surface area contributed by atoms with E-state index in [-0.39, 0.29) is 23.2 Å². The summed E-state index contributed by atoms with van der Waals surface area (Å²) in [5.74, 6) is 0.170. The van der Waals surface area contributed by atoms with Gasteiger partial charge in [0.25, 0.3) is 0 Å². The molecule has 0 saturated carbocycles. The number of hydrogen-bond acceptors (Lipinski definition) is 5. The molecule has 0 amide bonds. The third kappa shape index (κ3) is 4.63. The molecule has 0 N–H and O–H groups in total. The lowest BCUT2D eigenvalue weighted by atomic mass is 10.2. The standard InChI is InChI=1S/C18H20N2O4/c1-13(2)17-18(20(21)22)16(9-10-19-17)24-14(3)11-23-12-15-7-5-4-6-8-15/h4-10,14H,1,11-12H2,2-3H3. The van der Waals surface area contributed by atoms with Crippen molar-refractivity contribution in [1.82, 2.24) is 4.98 Å². The van der Waals surface area contributed by atoms with Crippen LogP contribution >= 0.6 is 0 Å². The first-order valence-electron chi connectivity index (χ1n) is 7.56. The topological polar surface area (TPSA) is 74.5 Å². The third-order valence-electron chi connectivity index (χ3n) is 3.27. The molecule has 0 radical (unpaired) electrons. The van der Waals surface area contributed by atoms with Crippen LogP contribution in [0.2, 0.25) is 0 Å². The second-order valence-electron chi connectivity index (χ2n) is 5.47. The molecule has 2 aromatic rings. The van der Waals surface area contributed by atoms with Gasteiger partial charge in [-0.3, -0.25) is 10.1 Å². The first kappa shape index (κ1) is 17.6. The highest BCUT2D eigenvalue weighted by Crippen LogP contribution is 2.33. The summed E-state index contributed by atoms with van der Waals surface area (Å²) in [6.07, 6.45) is 1.14. The summed E-state index contributed by atoms with van der Waals surface area (Å²) in [5, 5.41) is 11.3. The van der Waals surface area contributed by atoms with E-state index < -0.39 is 4.92 Å². The molecule has 0 aliphatic carbocycles. The first-order chi connectivity index (χ1) is 11.5. The fourth-order valence-corrected chi connectivity index (χ4v) is 2.19. The Balaban J connectivity index is 2.01. The van der Waals surface area contributed by atoms with E-state index in [1.165, 1.54) is 12.3 Å². The summed E-state index contributed by atoms with van der Waals surface area (Å²) in [6, 6.07) is 11.3. The molecule has 1 unspecified atom stereocenters. The second kappa shape index (κ2) is 8.21. The summed E-state index contributed by atoms with van der Waals surface area (Å²) in [6.45, 7) is 7.98. The highest BCUT2D eigenvalue weighted by atomic mass is 16.6. The Hall–Kier alpha value is -2.73. The van der Waals surface area contributed by atoms with Crippen molar-refractivity contribution in [2.24, 2.45) is 0 Å². The Labute approximate surface area is 140 Å². The lowest BCUT2D eigenvalue weighted by molar-refractivity contribution is -0.386. The van der Waals surface area contributed by atoms with Crippen LogP contribution in [0.15, 0.2) is 49.2 Å². The van der Waals surface area contributed by atoms with E-state index in [2.05, 4.69) is 11.6 Å². The van der Waals surface area contributed by atoms with Gasteiger partial charge in [-0.05, 0) is 25.0 Å². The van der Waals surface area contributed by atoms with Gasteiger partial charge in [-0.2, -0.15) is 0 Å². The lowest BCUT2D eigenvalue weighted by Crippen LogP contribution is -2.20. The van der Waals surface area contributed by atoms with Crippen molar-refractivity contribution < 1.29 is 14.4 Å². The minimum Gasteiger partial charge on any atom is -0.481 e. The molecule has 2 rings (SSSR count). The Kier molecular flexibility index (Phi) is 6.03. The SMILES string of the molecule is C=C(C)c1nccc(OC(C)COCc2ccccc2)c1[N+](=O)[O-]. The Morgan fingerprint density at radius 2 is 2.04 bits per heavy atom.